The standard InChI is InChI=1S/C15H12BrClF2/c16-12-7-9-14(18)11(15(12)19)6-8-13(17)10-4-2-1-3-5-10/h1-5,7,9,13H,6,8H2. The van der Waals surface area contributed by atoms with Crippen LogP contribution < -0.4 is 0 Å². The smallest absolute Gasteiger partial charge is 0.143 e. The Kier molecular flexibility index (Phi) is 4.94. The fourth-order valence-corrected chi connectivity index (χ4v) is 2.52. The molecule has 1 atom stereocenters. The molecule has 0 aromatic heterocycles. The Morgan fingerprint density at radius 1 is 1.05 bits per heavy atom. The van der Waals surface area contributed by atoms with Crippen molar-refractivity contribution in [2.24, 2.45) is 0 Å². The average Bonchev–Trinajstić information content (AvgIpc) is 2.44. The Bertz CT molecular complexity index is 558. The molecular weight excluding hydrogens is 334 g/mol. The molecule has 0 saturated carbocycles. The van der Waals surface area contributed by atoms with Crippen molar-refractivity contribution in [1.82, 2.24) is 0 Å². The molecule has 0 aliphatic carbocycles. The van der Waals surface area contributed by atoms with Crippen LogP contribution in [0.5, 0.6) is 0 Å². The lowest BCUT2D eigenvalue weighted by Crippen LogP contribution is -2.00. The molecule has 1 unspecified atom stereocenters. The SMILES string of the molecule is Fc1ccc(Br)c(F)c1CCC(Cl)c1ccccc1. The van der Waals surface area contributed by atoms with Crippen molar-refractivity contribution in [3.05, 3.63) is 69.7 Å². The minimum Gasteiger partial charge on any atom is -0.207 e. The normalized spacial score (nSPS) is 12.4. The van der Waals surface area contributed by atoms with Crippen LogP contribution in [0, 0.1) is 11.6 Å². The van der Waals surface area contributed by atoms with Crippen molar-refractivity contribution in [3.63, 3.8) is 0 Å². The number of alkyl halides is 1. The van der Waals surface area contributed by atoms with Gasteiger partial charge in [-0.15, -0.1) is 11.6 Å². The van der Waals surface area contributed by atoms with Crippen LogP contribution in [0.3, 0.4) is 0 Å². The summed E-state index contributed by atoms with van der Waals surface area (Å²) in [4.78, 5) is 0. The highest BCUT2D eigenvalue weighted by atomic mass is 79.9. The molecule has 0 saturated heterocycles. The highest BCUT2D eigenvalue weighted by Gasteiger charge is 2.15. The van der Waals surface area contributed by atoms with Crippen molar-refractivity contribution in [2.75, 3.05) is 0 Å². The second kappa shape index (κ2) is 6.49. The van der Waals surface area contributed by atoms with E-state index in [0.29, 0.717) is 6.42 Å². The quantitative estimate of drug-likeness (QED) is 0.497. The van der Waals surface area contributed by atoms with Gasteiger partial charge in [0, 0.05) is 5.56 Å². The van der Waals surface area contributed by atoms with Gasteiger partial charge in [0.1, 0.15) is 11.6 Å². The van der Waals surface area contributed by atoms with E-state index in [1.165, 1.54) is 12.1 Å². The fourth-order valence-electron chi connectivity index (χ4n) is 1.90. The molecule has 2 aromatic rings. The summed E-state index contributed by atoms with van der Waals surface area (Å²) < 4.78 is 27.6. The van der Waals surface area contributed by atoms with Crippen molar-refractivity contribution >= 4 is 27.5 Å². The summed E-state index contributed by atoms with van der Waals surface area (Å²) in [7, 11) is 0. The lowest BCUT2D eigenvalue weighted by molar-refractivity contribution is 0.545. The van der Waals surface area contributed by atoms with Crippen LogP contribution in [-0.2, 0) is 6.42 Å². The summed E-state index contributed by atoms with van der Waals surface area (Å²) in [5, 5.41) is -0.251. The van der Waals surface area contributed by atoms with E-state index in [0.717, 1.165) is 5.56 Å². The van der Waals surface area contributed by atoms with E-state index < -0.39 is 11.6 Å². The molecule has 0 aliphatic rings. The van der Waals surface area contributed by atoms with Crippen molar-refractivity contribution in [2.45, 2.75) is 18.2 Å². The van der Waals surface area contributed by atoms with Crippen molar-refractivity contribution in [1.29, 1.82) is 0 Å². The van der Waals surface area contributed by atoms with E-state index in [4.69, 9.17) is 11.6 Å². The molecule has 0 heterocycles. The molecule has 0 N–H and O–H groups in total. The van der Waals surface area contributed by atoms with Gasteiger partial charge in [0.05, 0.1) is 9.85 Å². The molecule has 0 aliphatic heterocycles. The molecule has 0 fully saturated rings. The molecule has 2 aromatic carbocycles. The Hall–Kier alpha value is -0.930. The van der Waals surface area contributed by atoms with Crippen LogP contribution in [0.1, 0.15) is 22.9 Å². The topological polar surface area (TPSA) is 0 Å². The van der Waals surface area contributed by atoms with Gasteiger partial charge in [-0.1, -0.05) is 30.3 Å². The summed E-state index contributed by atoms with van der Waals surface area (Å²) in [6.45, 7) is 0. The number of halogens is 4. The Morgan fingerprint density at radius 3 is 2.42 bits per heavy atom. The molecule has 0 bridgehead atoms. The number of hydrogen-bond acceptors (Lipinski definition) is 0. The van der Waals surface area contributed by atoms with Gasteiger partial charge in [-0.25, -0.2) is 8.78 Å². The second-order valence-corrected chi connectivity index (χ2v) is 5.62. The number of hydrogen-bond donors (Lipinski definition) is 0. The Labute approximate surface area is 124 Å². The van der Waals surface area contributed by atoms with Gasteiger partial charge in [-0.05, 0) is 46.5 Å². The zero-order valence-electron chi connectivity index (χ0n) is 10.0. The highest BCUT2D eigenvalue weighted by molar-refractivity contribution is 9.10. The molecule has 2 rings (SSSR count). The third-order valence-corrected chi connectivity index (χ3v) is 4.03. The van der Waals surface area contributed by atoms with Gasteiger partial charge in [0.25, 0.3) is 0 Å². The number of rotatable bonds is 4. The molecular formula is C15H12BrClF2. The highest BCUT2D eigenvalue weighted by Crippen LogP contribution is 2.28. The zero-order valence-corrected chi connectivity index (χ0v) is 12.4. The maximum Gasteiger partial charge on any atom is 0.143 e. The predicted molar refractivity (Wildman–Crippen MR) is 77.4 cm³/mol. The van der Waals surface area contributed by atoms with Gasteiger partial charge in [0.2, 0.25) is 0 Å². The molecule has 19 heavy (non-hydrogen) atoms. The maximum atomic E-state index is 13.8. The second-order valence-electron chi connectivity index (χ2n) is 4.24. The minimum atomic E-state index is -0.545. The van der Waals surface area contributed by atoms with Crippen molar-refractivity contribution < 1.29 is 8.78 Å². The summed E-state index contributed by atoms with van der Waals surface area (Å²) in [5.74, 6) is -1.07. The minimum absolute atomic E-state index is 0.0796. The van der Waals surface area contributed by atoms with Gasteiger partial charge in [-0.2, -0.15) is 0 Å². The third-order valence-electron chi connectivity index (χ3n) is 2.95. The van der Waals surface area contributed by atoms with E-state index in [2.05, 4.69) is 15.9 Å². The van der Waals surface area contributed by atoms with Crippen LogP contribution in [0.15, 0.2) is 46.9 Å². The van der Waals surface area contributed by atoms with Crippen LogP contribution in [0.2, 0.25) is 0 Å². The van der Waals surface area contributed by atoms with Gasteiger partial charge < -0.3 is 0 Å². The van der Waals surface area contributed by atoms with Gasteiger partial charge in [-0.3, -0.25) is 0 Å². The fraction of sp³-hybridized carbons (Fsp3) is 0.200. The summed E-state index contributed by atoms with van der Waals surface area (Å²) >= 11 is 9.30. The molecule has 0 nitrogen and oxygen atoms in total. The molecule has 100 valence electrons. The summed E-state index contributed by atoms with van der Waals surface area (Å²) in [5.41, 5.74) is 1.04. The lowest BCUT2D eigenvalue weighted by Gasteiger charge is -2.11. The van der Waals surface area contributed by atoms with Crippen LogP contribution >= 0.6 is 27.5 Å². The Morgan fingerprint density at radius 2 is 1.74 bits per heavy atom. The third kappa shape index (κ3) is 3.54. The monoisotopic (exact) mass is 344 g/mol. The first-order valence-electron chi connectivity index (χ1n) is 5.91. The molecule has 0 radical (unpaired) electrons. The van der Waals surface area contributed by atoms with Gasteiger partial charge >= 0.3 is 0 Å². The summed E-state index contributed by atoms with van der Waals surface area (Å²) in [6.07, 6.45) is 0.746. The molecule has 0 amide bonds. The van der Waals surface area contributed by atoms with Crippen molar-refractivity contribution in [3.8, 4) is 0 Å². The predicted octanol–water partition coefficient (Wildman–Crippen LogP) is 5.64. The number of benzene rings is 2. The van der Waals surface area contributed by atoms with Gasteiger partial charge in [0.15, 0.2) is 0 Å². The van der Waals surface area contributed by atoms with Crippen LogP contribution in [-0.4, -0.2) is 0 Å². The Balaban J connectivity index is 2.09. The first-order valence-corrected chi connectivity index (χ1v) is 7.14. The van der Waals surface area contributed by atoms with E-state index >= 15 is 0 Å². The van der Waals surface area contributed by atoms with E-state index in [1.807, 2.05) is 30.3 Å². The molecule has 4 heteroatoms. The maximum absolute atomic E-state index is 13.8. The first-order chi connectivity index (χ1) is 9.09. The zero-order chi connectivity index (χ0) is 13.8. The van der Waals surface area contributed by atoms with E-state index in [-0.39, 0.29) is 21.8 Å². The average molecular weight is 346 g/mol. The summed E-state index contributed by atoms with van der Waals surface area (Å²) in [6, 6.07) is 12.1. The lowest BCUT2D eigenvalue weighted by atomic mass is 10.0. The van der Waals surface area contributed by atoms with E-state index in [1.54, 1.807) is 0 Å². The van der Waals surface area contributed by atoms with E-state index in [9.17, 15) is 8.78 Å². The first kappa shape index (κ1) is 14.5. The van der Waals surface area contributed by atoms with Crippen LogP contribution in [0.4, 0.5) is 8.78 Å². The molecule has 0 spiro atoms. The largest absolute Gasteiger partial charge is 0.207 e. The van der Waals surface area contributed by atoms with Crippen LogP contribution in [0.25, 0.3) is 0 Å².